The first-order valence-corrected chi connectivity index (χ1v) is 13.7. The molecule has 0 aromatic heterocycles. The highest BCUT2D eigenvalue weighted by Crippen LogP contribution is 2.30. The number of nitrogens with one attached hydrogen (secondary N) is 4. The van der Waals surface area contributed by atoms with E-state index in [0.717, 1.165) is 57.5 Å². The van der Waals surface area contributed by atoms with Crippen LogP contribution in [0.1, 0.15) is 49.4 Å². The van der Waals surface area contributed by atoms with Crippen LogP contribution in [-0.2, 0) is 14.8 Å². The molecular formula is C25H33N5O4S. The Bertz CT molecular complexity index is 1150. The Hall–Kier alpha value is -3.11. The number of anilines is 3. The van der Waals surface area contributed by atoms with Gasteiger partial charge in [-0.1, -0.05) is 19.8 Å². The van der Waals surface area contributed by atoms with Crippen molar-refractivity contribution in [3.63, 3.8) is 0 Å². The molecule has 1 aliphatic heterocycles. The Labute approximate surface area is 206 Å². The van der Waals surface area contributed by atoms with Crippen molar-refractivity contribution in [2.75, 3.05) is 41.1 Å². The second kappa shape index (κ2) is 11.1. The summed E-state index contributed by atoms with van der Waals surface area (Å²) in [5.41, 5.74) is 2.06. The van der Waals surface area contributed by atoms with Gasteiger partial charge in [-0.05, 0) is 55.3 Å². The van der Waals surface area contributed by atoms with E-state index in [4.69, 9.17) is 0 Å². The van der Waals surface area contributed by atoms with Crippen molar-refractivity contribution in [3.8, 4) is 0 Å². The fraction of sp³-hybridized carbons (Fsp3) is 0.440. The van der Waals surface area contributed by atoms with Gasteiger partial charge in [0.15, 0.2) is 0 Å². The second-order valence-corrected chi connectivity index (χ2v) is 10.6. The van der Waals surface area contributed by atoms with E-state index in [1.807, 2.05) is 6.07 Å². The molecule has 4 N–H and O–H groups in total. The van der Waals surface area contributed by atoms with E-state index in [9.17, 15) is 18.0 Å². The van der Waals surface area contributed by atoms with E-state index >= 15 is 0 Å². The van der Waals surface area contributed by atoms with Gasteiger partial charge in [0.25, 0.3) is 15.9 Å². The summed E-state index contributed by atoms with van der Waals surface area (Å²) in [6.07, 6.45) is 4.50. The van der Waals surface area contributed by atoms with Crippen LogP contribution in [0, 0.1) is 0 Å². The van der Waals surface area contributed by atoms with E-state index in [1.54, 1.807) is 31.2 Å². The molecule has 35 heavy (non-hydrogen) atoms. The quantitative estimate of drug-likeness (QED) is 0.443. The number of carbonyl (C=O) groups excluding carboxylic acids is 2. The molecule has 0 spiro atoms. The number of carbonyl (C=O) groups is 2. The average molecular weight is 500 g/mol. The number of rotatable bonds is 8. The van der Waals surface area contributed by atoms with Crippen molar-refractivity contribution < 1.29 is 18.0 Å². The number of nitrogens with zero attached hydrogens (tertiary/aromatic N) is 1. The van der Waals surface area contributed by atoms with Gasteiger partial charge >= 0.3 is 0 Å². The maximum absolute atomic E-state index is 13.3. The zero-order valence-electron chi connectivity index (χ0n) is 20.0. The first-order chi connectivity index (χ1) is 16.9. The van der Waals surface area contributed by atoms with Crippen molar-refractivity contribution in [2.45, 2.75) is 50.0 Å². The van der Waals surface area contributed by atoms with Crippen LogP contribution in [0.4, 0.5) is 17.1 Å². The fourth-order valence-corrected chi connectivity index (χ4v) is 5.52. The number of piperazine rings is 1. The largest absolute Gasteiger partial charge is 0.367 e. The van der Waals surface area contributed by atoms with Crippen LogP contribution in [0.3, 0.4) is 0 Å². The summed E-state index contributed by atoms with van der Waals surface area (Å²) in [5, 5.41) is 9.08. The summed E-state index contributed by atoms with van der Waals surface area (Å²) in [6.45, 7) is 4.79. The molecule has 0 atom stereocenters. The summed E-state index contributed by atoms with van der Waals surface area (Å²) in [4.78, 5) is 26.7. The Kier molecular flexibility index (Phi) is 7.92. The first kappa shape index (κ1) is 25.0. The van der Waals surface area contributed by atoms with Gasteiger partial charge < -0.3 is 20.9 Å². The monoisotopic (exact) mass is 499 g/mol. The normalized spacial score (nSPS) is 16.7. The molecule has 1 saturated heterocycles. The number of hydrogen-bond acceptors (Lipinski definition) is 6. The Balaban J connectivity index is 1.59. The molecule has 2 aromatic carbocycles. The SMILES string of the molecule is CCC(=O)Nc1ccc(S(=O)(=O)Nc2cc(C(=O)NC3CCCC3)ccc2N2CCNCC2)cc1. The minimum Gasteiger partial charge on any atom is -0.367 e. The third-order valence-corrected chi connectivity index (χ3v) is 7.80. The minimum atomic E-state index is -3.93. The Morgan fingerprint density at radius 3 is 2.37 bits per heavy atom. The summed E-state index contributed by atoms with van der Waals surface area (Å²) >= 11 is 0. The van der Waals surface area contributed by atoms with Crippen LogP contribution in [0.5, 0.6) is 0 Å². The molecule has 9 nitrogen and oxygen atoms in total. The minimum absolute atomic E-state index is 0.0686. The van der Waals surface area contributed by atoms with Gasteiger partial charge in [-0.15, -0.1) is 0 Å². The van der Waals surface area contributed by atoms with Gasteiger partial charge in [0.1, 0.15) is 0 Å². The zero-order chi connectivity index (χ0) is 24.8. The molecule has 1 aliphatic carbocycles. The van der Waals surface area contributed by atoms with Crippen molar-refractivity contribution >= 4 is 38.9 Å². The lowest BCUT2D eigenvalue weighted by molar-refractivity contribution is -0.115. The second-order valence-electron chi connectivity index (χ2n) is 8.96. The smallest absolute Gasteiger partial charge is 0.261 e. The number of amides is 2. The third kappa shape index (κ3) is 6.32. The molecule has 10 heteroatoms. The number of sulfonamides is 1. The highest BCUT2D eigenvalue weighted by atomic mass is 32.2. The van der Waals surface area contributed by atoms with Crippen LogP contribution in [-0.4, -0.2) is 52.5 Å². The third-order valence-electron chi connectivity index (χ3n) is 6.42. The summed E-state index contributed by atoms with van der Waals surface area (Å²) in [6, 6.07) is 11.4. The van der Waals surface area contributed by atoms with Crippen LogP contribution < -0.4 is 25.6 Å². The maximum atomic E-state index is 13.3. The molecule has 2 aliphatic rings. The van der Waals surface area contributed by atoms with E-state index in [-0.39, 0.29) is 22.8 Å². The van der Waals surface area contributed by atoms with E-state index in [2.05, 4.69) is 25.6 Å². The summed E-state index contributed by atoms with van der Waals surface area (Å²) in [7, 11) is -3.93. The van der Waals surface area contributed by atoms with Gasteiger partial charge in [-0.3, -0.25) is 14.3 Å². The lowest BCUT2D eigenvalue weighted by atomic mass is 10.1. The molecule has 2 amide bonds. The molecular weight excluding hydrogens is 466 g/mol. The van der Waals surface area contributed by atoms with Crippen molar-refractivity contribution in [2.24, 2.45) is 0 Å². The highest BCUT2D eigenvalue weighted by molar-refractivity contribution is 7.92. The fourth-order valence-electron chi connectivity index (χ4n) is 4.45. The molecule has 0 bridgehead atoms. The van der Waals surface area contributed by atoms with Gasteiger partial charge in [0, 0.05) is 49.9 Å². The molecule has 0 radical (unpaired) electrons. The first-order valence-electron chi connectivity index (χ1n) is 12.2. The van der Waals surface area contributed by atoms with Crippen LogP contribution in [0.25, 0.3) is 0 Å². The molecule has 2 aromatic rings. The van der Waals surface area contributed by atoms with Gasteiger partial charge in [0.05, 0.1) is 16.3 Å². The predicted octanol–water partition coefficient (Wildman–Crippen LogP) is 2.92. The average Bonchev–Trinajstić information content (AvgIpc) is 3.37. The molecule has 4 rings (SSSR count). The van der Waals surface area contributed by atoms with Gasteiger partial charge in [0.2, 0.25) is 5.91 Å². The standard InChI is InChI=1S/C25H33N5O4S/c1-2-24(31)27-20-8-10-21(11-9-20)35(33,34)29-22-17-18(25(32)28-19-5-3-4-6-19)7-12-23(22)30-15-13-26-14-16-30/h7-12,17,19,26,29H,2-6,13-16H2,1H3,(H,27,31)(H,28,32). The number of benzene rings is 2. The van der Waals surface area contributed by atoms with E-state index in [0.29, 0.717) is 23.4 Å². The summed E-state index contributed by atoms with van der Waals surface area (Å²) in [5.74, 6) is -0.340. The van der Waals surface area contributed by atoms with Gasteiger partial charge in [-0.2, -0.15) is 0 Å². The van der Waals surface area contributed by atoms with Crippen LogP contribution in [0.2, 0.25) is 0 Å². The van der Waals surface area contributed by atoms with Crippen molar-refractivity contribution in [1.29, 1.82) is 0 Å². The van der Waals surface area contributed by atoms with Gasteiger partial charge in [-0.25, -0.2) is 8.42 Å². The summed E-state index contributed by atoms with van der Waals surface area (Å²) < 4.78 is 29.2. The lowest BCUT2D eigenvalue weighted by Gasteiger charge is -2.31. The molecule has 2 fully saturated rings. The molecule has 1 heterocycles. The van der Waals surface area contributed by atoms with Crippen molar-refractivity contribution in [3.05, 3.63) is 48.0 Å². The topological polar surface area (TPSA) is 120 Å². The molecule has 1 saturated carbocycles. The van der Waals surface area contributed by atoms with E-state index in [1.165, 1.54) is 12.1 Å². The Morgan fingerprint density at radius 2 is 1.71 bits per heavy atom. The van der Waals surface area contributed by atoms with Crippen LogP contribution in [0.15, 0.2) is 47.4 Å². The molecule has 0 unspecified atom stereocenters. The molecule has 188 valence electrons. The lowest BCUT2D eigenvalue weighted by Crippen LogP contribution is -2.43. The highest BCUT2D eigenvalue weighted by Gasteiger charge is 2.23. The van der Waals surface area contributed by atoms with Crippen LogP contribution >= 0.6 is 0 Å². The number of hydrogen-bond donors (Lipinski definition) is 4. The Morgan fingerprint density at radius 1 is 1.03 bits per heavy atom. The predicted molar refractivity (Wildman–Crippen MR) is 137 cm³/mol. The van der Waals surface area contributed by atoms with E-state index < -0.39 is 10.0 Å². The zero-order valence-corrected chi connectivity index (χ0v) is 20.8. The maximum Gasteiger partial charge on any atom is 0.261 e. The van der Waals surface area contributed by atoms with Crippen molar-refractivity contribution in [1.82, 2.24) is 10.6 Å².